The monoisotopic (exact) mass is 321 g/mol. The Morgan fingerprint density at radius 2 is 1.78 bits per heavy atom. The third-order valence-electron chi connectivity index (χ3n) is 3.27. The number of carbonyl (C=O) groups is 3. The quantitative estimate of drug-likeness (QED) is 0.650. The molecule has 0 unspecified atom stereocenters. The first-order chi connectivity index (χ1) is 10.7. The van der Waals surface area contributed by atoms with Crippen molar-refractivity contribution in [2.24, 2.45) is 5.73 Å². The second-order valence-corrected chi connectivity index (χ2v) is 5.75. The molecule has 0 fully saturated rings. The molecular weight excluding hydrogens is 298 g/mol. The highest BCUT2D eigenvalue weighted by Crippen LogP contribution is 2.12. The van der Waals surface area contributed by atoms with Crippen molar-refractivity contribution in [3.05, 3.63) is 29.8 Å². The van der Waals surface area contributed by atoms with Crippen molar-refractivity contribution < 1.29 is 19.1 Å². The SMILES string of the molecule is CCC(C)(C)NC(=O)COc1ccc(C(=O)NCC(N)=O)cc1. The molecule has 0 aromatic heterocycles. The molecule has 0 aliphatic rings. The fraction of sp³-hybridized carbons (Fsp3) is 0.438. The molecule has 0 radical (unpaired) electrons. The molecule has 0 saturated heterocycles. The summed E-state index contributed by atoms with van der Waals surface area (Å²) in [6.45, 7) is 5.54. The maximum Gasteiger partial charge on any atom is 0.258 e. The highest BCUT2D eigenvalue weighted by molar-refractivity contribution is 5.96. The molecule has 4 N–H and O–H groups in total. The van der Waals surface area contributed by atoms with Crippen LogP contribution in [0.5, 0.6) is 5.75 Å². The lowest BCUT2D eigenvalue weighted by Gasteiger charge is -2.24. The van der Waals surface area contributed by atoms with Crippen LogP contribution in [0.25, 0.3) is 0 Å². The summed E-state index contributed by atoms with van der Waals surface area (Å²) in [5, 5.41) is 5.24. The number of hydrogen-bond acceptors (Lipinski definition) is 4. The van der Waals surface area contributed by atoms with Crippen LogP contribution in [-0.4, -0.2) is 36.4 Å². The Labute approximate surface area is 135 Å². The van der Waals surface area contributed by atoms with Gasteiger partial charge >= 0.3 is 0 Å². The van der Waals surface area contributed by atoms with Gasteiger partial charge in [0.1, 0.15) is 5.75 Å². The van der Waals surface area contributed by atoms with Crippen molar-refractivity contribution in [1.82, 2.24) is 10.6 Å². The fourth-order valence-corrected chi connectivity index (χ4v) is 1.62. The molecule has 1 aromatic carbocycles. The molecule has 0 bridgehead atoms. The van der Waals surface area contributed by atoms with Gasteiger partial charge in [0, 0.05) is 11.1 Å². The first kappa shape index (κ1) is 18.5. The second kappa shape index (κ2) is 8.17. The molecule has 126 valence electrons. The van der Waals surface area contributed by atoms with Gasteiger partial charge in [0.2, 0.25) is 5.91 Å². The second-order valence-electron chi connectivity index (χ2n) is 5.75. The van der Waals surface area contributed by atoms with E-state index < -0.39 is 11.8 Å². The summed E-state index contributed by atoms with van der Waals surface area (Å²) in [6, 6.07) is 6.24. The summed E-state index contributed by atoms with van der Waals surface area (Å²) < 4.78 is 5.37. The van der Waals surface area contributed by atoms with Gasteiger partial charge in [0.25, 0.3) is 11.8 Å². The van der Waals surface area contributed by atoms with Crippen molar-refractivity contribution in [3.8, 4) is 5.75 Å². The number of nitrogens with one attached hydrogen (secondary N) is 2. The number of amides is 3. The maximum absolute atomic E-state index is 11.8. The Balaban J connectivity index is 2.49. The van der Waals surface area contributed by atoms with Gasteiger partial charge in [-0.15, -0.1) is 0 Å². The number of hydrogen-bond donors (Lipinski definition) is 3. The van der Waals surface area contributed by atoms with E-state index >= 15 is 0 Å². The van der Waals surface area contributed by atoms with E-state index in [2.05, 4.69) is 10.6 Å². The average Bonchev–Trinajstić information content (AvgIpc) is 2.50. The predicted molar refractivity (Wildman–Crippen MR) is 86.0 cm³/mol. The largest absolute Gasteiger partial charge is 0.484 e. The molecule has 0 atom stereocenters. The highest BCUT2D eigenvalue weighted by atomic mass is 16.5. The standard InChI is InChI=1S/C16H23N3O4/c1-4-16(2,3)19-14(21)10-23-12-7-5-11(6-8-12)15(22)18-9-13(17)20/h5-8H,4,9-10H2,1-3H3,(H2,17,20)(H,18,22)(H,19,21). The molecule has 0 saturated carbocycles. The van der Waals surface area contributed by atoms with Crippen LogP contribution in [0, 0.1) is 0 Å². The smallest absolute Gasteiger partial charge is 0.258 e. The Morgan fingerprint density at radius 3 is 2.30 bits per heavy atom. The van der Waals surface area contributed by atoms with E-state index in [0.717, 1.165) is 6.42 Å². The molecule has 3 amide bonds. The third kappa shape index (κ3) is 6.82. The van der Waals surface area contributed by atoms with Crippen molar-refractivity contribution in [2.75, 3.05) is 13.2 Å². The van der Waals surface area contributed by atoms with E-state index in [1.165, 1.54) is 0 Å². The van der Waals surface area contributed by atoms with Crippen LogP contribution in [0.3, 0.4) is 0 Å². The molecular formula is C16H23N3O4. The lowest BCUT2D eigenvalue weighted by atomic mass is 10.0. The molecule has 23 heavy (non-hydrogen) atoms. The van der Waals surface area contributed by atoms with E-state index in [4.69, 9.17) is 10.5 Å². The van der Waals surface area contributed by atoms with Crippen LogP contribution in [0.1, 0.15) is 37.6 Å². The van der Waals surface area contributed by atoms with Crippen molar-refractivity contribution in [3.63, 3.8) is 0 Å². The Bertz CT molecular complexity index is 567. The summed E-state index contributed by atoms with van der Waals surface area (Å²) in [5.74, 6) is -0.752. The van der Waals surface area contributed by atoms with Crippen LogP contribution in [0.4, 0.5) is 0 Å². The van der Waals surface area contributed by atoms with Gasteiger partial charge in [0.15, 0.2) is 6.61 Å². The molecule has 0 aliphatic carbocycles. The number of carbonyl (C=O) groups excluding carboxylic acids is 3. The van der Waals surface area contributed by atoms with Gasteiger partial charge in [0.05, 0.1) is 6.54 Å². The zero-order valence-corrected chi connectivity index (χ0v) is 13.6. The Morgan fingerprint density at radius 1 is 1.17 bits per heavy atom. The zero-order chi connectivity index (χ0) is 17.5. The van der Waals surface area contributed by atoms with Crippen LogP contribution in [-0.2, 0) is 9.59 Å². The minimum atomic E-state index is -0.612. The summed E-state index contributed by atoms with van der Waals surface area (Å²) >= 11 is 0. The van der Waals surface area contributed by atoms with Crippen LogP contribution in [0.15, 0.2) is 24.3 Å². The van der Waals surface area contributed by atoms with Crippen molar-refractivity contribution in [1.29, 1.82) is 0 Å². The average molecular weight is 321 g/mol. The maximum atomic E-state index is 11.8. The first-order valence-corrected chi connectivity index (χ1v) is 7.34. The molecule has 7 nitrogen and oxygen atoms in total. The Kier molecular flexibility index (Phi) is 6.56. The molecule has 0 heterocycles. The molecule has 1 rings (SSSR count). The zero-order valence-electron chi connectivity index (χ0n) is 13.6. The lowest BCUT2D eigenvalue weighted by molar-refractivity contribution is -0.124. The van der Waals surface area contributed by atoms with Crippen LogP contribution < -0.4 is 21.1 Å². The minimum absolute atomic E-state index is 0.101. The van der Waals surface area contributed by atoms with Gasteiger partial charge in [-0.05, 0) is 44.5 Å². The number of primary amides is 1. The minimum Gasteiger partial charge on any atom is -0.484 e. The van der Waals surface area contributed by atoms with E-state index in [-0.39, 0.29) is 24.6 Å². The van der Waals surface area contributed by atoms with E-state index in [9.17, 15) is 14.4 Å². The molecule has 0 spiro atoms. The summed E-state index contributed by atoms with van der Waals surface area (Å²) in [7, 11) is 0. The van der Waals surface area contributed by atoms with E-state index in [0.29, 0.717) is 11.3 Å². The van der Waals surface area contributed by atoms with Gasteiger partial charge in [-0.2, -0.15) is 0 Å². The lowest BCUT2D eigenvalue weighted by Crippen LogP contribution is -2.44. The number of ether oxygens (including phenoxy) is 1. The normalized spacial score (nSPS) is 10.7. The molecule has 7 heteroatoms. The molecule has 1 aromatic rings. The van der Waals surface area contributed by atoms with E-state index in [1.54, 1.807) is 24.3 Å². The third-order valence-corrected chi connectivity index (χ3v) is 3.27. The highest BCUT2D eigenvalue weighted by Gasteiger charge is 2.17. The van der Waals surface area contributed by atoms with Crippen molar-refractivity contribution in [2.45, 2.75) is 32.7 Å². The topological polar surface area (TPSA) is 111 Å². The summed E-state index contributed by atoms with van der Waals surface area (Å²) in [6.07, 6.45) is 0.813. The predicted octanol–water partition coefficient (Wildman–Crippen LogP) is 0.585. The van der Waals surface area contributed by atoms with Crippen molar-refractivity contribution >= 4 is 17.7 Å². The summed E-state index contributed by atoms with van der Waals surface area (Å²) in [4.78, 5) is 34.1. The number of benzene rings is 1. The van der Waals surface area contributed by atoms with Gasteiger partial charge in [-0.25, -0.2) is 0 Å². The summed E-state index contributed by atoms with van der Waals surface area (Å²) in [5.41, 5.74) is 5.05. The fourth-order valence-electron chi connectivity index (χ4n) is 1.62. The van der Waals surface area contributed by atoms with E-state index in [1.807, 2.05) is 20.8 Å². The van der Waals surface area contributed by atoms with Gasteiger partial charge in [-0.3, -0.25) is 14.4 Å². The van der Waals surface area contributed by atoms with Crippen LogP contribution >= 0.6 is 0 Å². The first-order valence-electron chi connectivity index (χ1n) is 7.34. The van der Waals surface area contributed by atoms with Gasteiger partial charge in [-0.1, -0.05) is 6.92 Å². The number of nitrogens with two attached hydrogens (primary N) is 1. The molecule has 0 aliphatic heterocycles. The number of rotatable bonds is 8. The Hall–Kier alpha value is -2.57. The van der Waals surface area contributed by atoms with Gasteiger partial charge < -0.3 is 21.1 Å². The van der Waals surface area contributed by atoms with Crippen LogP contribution in [0.2, 0.25) is 0 Å².